The Balaban J connectivity index is 0.00000364. The van der Waals surface area contributed by atoms with Gasteiger partial charge in [0.25, 0.3) is 0 Å². The first-order valence-corrected chi connectivity index (χ1v) is 8.82. The Morgan fingerprint density at radius 1 is 1.41 bits per heavy atom. The Kier molecular flexibility index (Phi) is 8.82. The highest BCUT2D eigenvalue weighted by Gasteiger charge is 2.34. The summed E-state index contributed by atoms with van der Waals surface area (Å²) in [5.41, 5.74) is 1.12. The van der Waals surface area contributed by atoms with Crippen molar-refractivity contribution < 1.29 is 9.53 Å². The standard InChI is InChI=1S/C19H27N5O2.HI/c1-5-21-17(22-11-15-8-6-7-14(9-15)10-20)23-16-12-24(13-16)18(25)26-19(2,3)4;/h6-9,16H,5,11-13H2,1-4H3,(H2,21,22,23);1H. The molecule has 1 amide bonds. The molecule has 1 aliphatic rings. The minimum Gasteiger partial charge on any atom is -0.444 e. The van der Waals surface area contributed by atoms with E-state index in [-0.39, 0.29) is 36.1 Å². The van der Waals surface area contributed by atoms with Gasteiger partial charge < -0.3 is 20.3 Å². The zero-order valence-electron chi connectivity index (χ0n) is 16.3. The summed E-state index contributed by atoms with van der Waals surface area (Å²) in [5.74, 6) is 0.698. The molecule has 2 rings (SSSR count). The van der Waals surface area contributed by atoms with Gasteiger partial charge >= 0.3 is 6.09 Å². The Labute approximate surface area is 178 Å². The molecule has 0 unspecified atom stereocenters. The zero-order chi connectivity index (χ0) is 19.2. The van der Waals surface area contributed by atoms with Crippen molar-refractivity contribution in [3.05, 3.63) is 35.4 Å². The number of rotatable bonds is 4. The van der Waals surface area contributed by atoms with Gasteiger partial charge in [0.05, 0.1) is 24.2 Å². The molecule has 0 aliphatic carbocycles. The molecule has 8 heteroatoms. The third-order valence-corrected chi connectivity index (χ3v) is 3.69. The lowest BCUT2D eigenvalue weighted by Crippen LogP contribution is -2.63. The lowest BCUT2D eigenvalue weighted by molar-refractivity contribution is 0.00701. The fourth-order valence-electron chi connectivity index (χ4n) is 2.47. The molecule has 1 aromatic rings. The van der Waals surface area contributed by atoms with Gasteiger partial charge in [-0.25, -0.2) is 9.79 Å². The molecule has 1 aromatic carbocycles. The zero-order valence-corrected chi connectivity index (χ0v) is 18.6. The Morgan fingerprint density at radius 3 is 2.70 bits per heavy atom. The summed E-state index contributed by atoms with van der Waals surface area (Å²) in [6.07, 6.45) is -0.286. The molecule has 27 heavy (non-hydrogen) atoms. The van der Waals surface area contributed by atoms with Gasteiger partial charge in [0.15, 0.2) is 5.96 Å². The van der Waals surface area contributed by atoms with Crippen molar-refractivity contribution in [1.29, 1.82) is 5.26 Å². The number of carbonyl (C=O) groups is 1. The molecule has 7 nitrogen and oxygen atoms in total. The van der Waals surface area contributed by atoms with Crippen molar-refractivity contribution in [2.24, 2.45) is 4.99 Å². The summed E-state index contributed by atoms with van der Waals surface area (Å²) < 4.78 is 5.36. The second-order valence-corrected chi connectivity index (χ2v) is 7.23. The van der Waals surface area contributed by atoms with Crippen LogP contribution in [-0.4, -0.2) is 48.2 Å². The molecule has 0 radical (unpaired) electrons. The summed E-state index contributed by atoms with van der Waals surface area (Å²) in [6, 6.07) is 9.69. The summed E-state index contributed by atoms with van der Waals surface area (Å²) in [4.78, 5) is 18.2. The normalized spacial score (nSPS) is 14.5. The predicted octanol–water partition coefficient (Wildman–Crippen LogP) is 2.85. The van der Waals surface area contributed by atoms with Crippen molar-refractivity contribution in [1.82, 2.24) is 15.5 Å². The van der Waals surface area contributed by atoms with Crippen LogP contribution >= 0.6 is 24.0 Å². The number of hydrogen-bond donors (Lipinski definition) is 2. The van der Waals surface area contributed by atoms with E-state index in [4.69, 9.17) is 10.00 Å². The first-order valence-electron chi connectivity index (χ1n) is 8.82. The number of hydrogen-bond acceptors (Lipinski definition) is 4. The number of nitrogens with zero attached hydrogens (tertiary/aromatic N) is 3. The highest BCUT2D eigenvalue weighted by molar-refractivity contribution is 14.0. The van der Waals surface area contributed by atoms with Crippen LogP contribution in [0, 0.1) is 11.3 Å². The number of halogens is 1. The number of aliphatic imine (C=N–C) groups is 1. The van der Waals surface area contributed by atoms with Gasteiger partial charge in [0, 0.05) is 19.6 Å². The van der Waals surface area contributed by atoms with E-state index in [1.165, 1.54) is 0 Å². The highest BCUT2D eigenvalue weighted by Crippen LogP contribution is 2.15. The van der Waals surface area contributed by atoms with Gasteiger partial charge in [-0.15, -0.1) is 24.0 Å². The fourth-order valence-corrected chi connectivity index (χ4v) is 2.47. The van der Waals surface area contributed by atoms with Crippen LogP contribution in [0.4, 0.5) is 4.79 Å². The van der Waals surface area contributed by atoms with Crippen molar-refractivity contribution in [3.63, 3.8) is 0 Å². The summed E-state index contributed by atoms with van der Waals surface area (Å²) in [6.45, 7) is 9.97. The average molecular weight is 485 g/mol. The van der Waals surface area contributed by atoms with E-state index >= 15 is 0 Å². The van der Waals surface area contributed by atoms with E-state index in [9.17, 15) is 4.79 Å². The number of likely N-dealkylation sites (tertiary alicyclic amines) is 1. The number of amides is 1. The third kappa shape index (κ3) is 7.62. The van der Waals surface area contributed by atoms with Crippen LogP contribution in [0.3, 0.4) is 0 Å². The molecule has 1 saturated heterocycles. The lowest BCUT2D eigenvalue weighted by atomic mass is 10.1. The van der Waals surface area contributed by atoms with E-state index in [2.05, 4.69) is 21.7 Å². The maximum absolute atomic E-state index is 12.0. The molecule has 1 fully saturated rings. The molecule has 0 bridgehead atoms. The number of guanidine groups is 1. The minimum atomic E-state index is -0.482. The van der Waals surface area contributed by atoms with Gasteiger partial charge in [-0.3, -0.25) is 0 Å². The molecule has 0 atom stereocenters. The van der Waals surface area contributed by atoms with Crippen LogP contribution in [0.1, 0.15) is 38.8 Å². The molecule has 0 spiro atoms. The van der Waals surface area contributed by atoms with E-state index in [0.29, 0.717) is 31.2 Å². The topological polar surface area (TPSA) is 89.8 Å². The van der Waals surface area contributed by atoms with Crippen LogP contribution in [-0.2, 0) is 11.3 Å². The monoisotopic (exact) mass is 485 g/mol. The van der Waals surface area contributed by atoms with E-state index in [1.54, 1.807) is 11.0 Å². The van der Waals surface area contributed by atoms with Crippen molar-refractivity contribution in [2.45, 2.75) is 45.9 Å². The van der Waals surface area contributed by atoms with Crippen LogP contribution in [0.15, 0.2) is 29.3 Å². The van der Waals surface area contributed by atoms with Gasteiger partial charge in [0.2, 0.25) is 0 Å². The van der Waals surface area contributed by atoms with Gasteiger partial charge in [-0.2, -0.15) is 5.26 Å². The summed E-state index contributed by atoms with van der Waals surface area (Å²) in [5, 5.41) is 15.5. The first kappa shape index (κ1) is 23.0. The minimum absolute atomic E-state index is 0. The van der Waals surface area contributed by atoms with E-state index < -0.39 is 5.60 Å². The molecule has 0 saturated carbocycles. The average Bonchev–Trinajstić information content (AvgIpc) is 2.53. The number of ether oxygens (including phenoxy) is 1. The number of carbonyl (C=O) groups excluding carboxylic acids is 1. The van der Waals surface area contributed by atoms with Crippen molar-refractivity contribution >= 4 is 36.0 Å². The molecule has 1 aliphatic heterocycles. The van der Waals surface area contributed by atoms with Crippen LogP contribution in [0.2, 0.25) is 0 Å². The highest BCUT2D eigenvalue weighted by atomic mass is 127. The summed E-state index contributed by atoms with van der Waals surface area (Å²) >= 11 is 0. The molecule has 0 aromatic heterocycles. The van der Waals surface area contributed by atoms with Gasteiger partial charge in [-0.1, -0.05) is 12.1 Å². The molecule has 2 N–H and O–H groups in total. The van der Waals surface area contributed by atoms with Crippen LogP contribution in [0.5, 0.6) is 0 Å². The quantitative estimate of drug-likeness (QED) is 0.389. The van der Waals surface area contributed by atoms with Gasteiger partial charge in [0.1, 0.15) is 5.60 Å². The number of benzene rings is 1. The Hall–Kier alpha value is -2.02. The predicted molar refractivity (Wildman–Crippen MR) is 116 cm³/mol. The molecule has 148 valence electrons. The molecular formula is C19H28IN5O2. The smallest absolute Gasteiger partial charge is 0.410 e. The summed E-state index contributed by atoms with van der Waals surface area (Å²) in [7, 11) is 0. The van der Waals surface area contributed by atoms with Crippen LogP contribution in [0.25, 0.3) is 0 Å². The second kappa shape index (κ2) is 10.3. The maximum Gasteiger partial charge on any atom is 0.410 e. The Morgan fingerprint density at radius 2 is 2.11 bits per heavy atom. The molecular weight excluding hydrogens is 457 g/mol. The second-order valence-electron chi connectivity index (χ2n) is 7.23. The largest absolute Gasteiger partial charge is 0.444 e. The van der Waals surface area contributed by atoms with E-state index in [1.807, 2.05) is 45.9 Å². The lowest BCUT2D eigenvalue weighted by Gasteiger charge is -2.40. The third-order valence-electron chi connectivity index (χ3n) is 3.69. The first-order chi connectivity index (χ1) is 12.3. The van der Waals surface area contributed by atoms with Crippen LogP contribution < -0.4 is 10.6 Å². The van der Waals surface area contributed by atoms with E-state index in [0.717, 1.165) is 12.1 Å². The SMILES string of the molecule is CCNC(=NCc1cccc(C#N)c1)NC1CN(C(=O)OC(C)(C)C)C1.I. The number of nitriles is 1. The molecule has 1 heterocycles. The van der Waals surface area contributed by atoms with Crippen molar-refractivity contribution in [2.75, 3.05) is 19.6 Å². The van der Waals surface area contributed by atoms with Crippen molar-refractivity contribution in [3.8, 4) is 6.07 Å². The fraction of sp³-hybridized carbons (Fsp3) is 0.526. The number of nitrogens with one attached hydrogen (secondary N) is 2. The van der Waals surface area contributed by atoms with Gasteiger partial charge in [-0.05, 0) is 45.4 Å². The maximum atomic E-state index is 12.0. The Bertz CT molecular complexity index is 703.